The number of likely N-dealkylation sites (N-methyl/N-ethyl adjacent to an activating group) is 1. The van der Waals surface area contributed by atoms with Crippen molar-refractivity contribution in [2.75, 3.05) is 13.6 Å². The number of alkyl halides is 6. The molecule has 1 aliphatic rings. The smallest absolute Gasteiger partial charge is 0.351 e. The van der Waals surface area contributed by atoms with Crippen LogP contribution in [-0.4, -0.2) is 30.4 Å². The van der Waals surface area contributed by atoms with Gasteiger partial charge in [-0.3, -0.25) is 9.69 Å². The lowest BCUT2D eigenvalue weighted by Gasteiger charge is -2.19. The molecule has 1 atom stereocenters. The van der Waals surface area contributed by atoms with Gasteiger partial charge in [-0.15, -0.1) is 0 Å². The monoisotopic (exact) mass is 354 g/mol. The second-order valence-corrected chi connectivity index (χ2v) is 5.77. The average molecular weight is 354 g/mol. The van der Waals surface area contributed by atoms with E-state index in [0.717, 1.165) is 13.0 Å². The molecule has 1 saturated heterocycles. The summed E-state index contributed by atoms with van der Waals surface area (Å²) in [6, 6.07) is 0.899. The molecule has 24 heavy (non-hydrogen) atoms. The molecular formula is C15H16F6N2O. The normalized spacial score (nSPS) is 19.5. The molecule has 1 heterocycles. The van der Waals surface area contributed by atoms with E-state index in [1.165, 1.54) is 0 Å². The summed E-state index contributed by atoms with van der Waals surface area (Å²) in [5.74, 6) is -0.402. The highest BCUT2D eigenvalue weighted by molar-refractivity contribution is 5.82. The highest BCUT2D eigenvalue weighted by Gasteiger charge is 2.37. The number of hydrogen-bond donors (Lipinski definition) is 1. The second-order valence-electron chi connectivity index (χ2n) is 5.77. The molecule has 0 spiro atoms. The highest BCUT2D eigenvalue weighted by Crippen LogP contribution is 2.36. The molecular weight excluding hydrogens is 338 g/mol. The van der Waals surface area contributed by atoms with E-state index in [9.17, 15) is 31.1 Å². The van der Waals surface area contributed by atoms with Gasteiger partial charge in [0.1, 0.15) is 0 Å². The predicted molar refractivity (Wildman–Crippen MR) is 73.9 cm³/mol. The van der Waals surface area contributed by atoms with Crippen LogP contribution >= 0.6 is 0 Å². The maximum Gasteiger partial charge on any atom is 0.416 e. The molecule has 0 unspecified atom stereocenters. The van der Waals surface area contributed by atoms with Gasteiger partial charge in [0.2, 0.25) is 5.91 Å². The zero-order valence-electron chi connectivity index (χ0n) is 12.8. The number of nitrogens with one attached hydrogen (secondary N) is 1. The van der Waals surface area contributed by atoms with E-state index < -0.39 is 42.0 Å². The van der Waals surface area contributed by atoms with Crippen LogP contribution in [0.5, 0.6) is 0 Å². The standard InChI is InChI=1S/C15H16F6N2O/c1-23-4-2-3-12(23)13(24)22-8-9-5-10(14(16,17)18)7-11(6-9)15(19,20)21/h5-7,12H,2-4,8H2,1H3,(H,22,24)/t12-/m0/s1. The number of carbonyl (C=O) groups excluding carboxylic acids is 1. The molecule has 3 nitrogen and oxygen atoms in total. The summed E-state index contributed by atoms with van der Waals surface area (Å²) in [6.07, 6.45) is -8.37. The molecule has 0 saturated carbocycles. The largest absolute Gasteiger partial charge is 0.416 e. The van der Waals surface area contributed by atoms with E-state index in [2.05, 4.69) is 5.32 Å². The summed E-state index contributed by atoms with van der Waals surface area (Å²) >= 11 is 0. The van der Waals surface area contributed by atoms with E-state index in [-0.39, 0.29) is 11.6 Å². The van der Waals surface area contributed by atoms with Gasteiger partial charge in [0.05, 0.1) is 17.2 Å². The minimum absolute atomic E-state index is 0.0655. The quantitative estimate of drug-likeness (QED) is 0.844. The van der Waals surface area contributed by atoms with Crippen LogP contribution in [0.25, 0.3) is 0 Å². The summed E-state index contributed by atoms with van der Waals surface area (Å²) in [5, 5.41) is 2.41. The molecule has 1 fully saturated rings. The van der Waals surface area contributed by atoms with Crippen LogP contribution < -0.4 is 5.32 Å². The first-order valence-electron chi connectivity index (χ1n) is 7.25. The first-order valence-corrected chi connectivity index (χ1v) is 7.25. The fraction of sp³-hybridized carbons (Fsp3) is 0.533. The number of rotatable bonds is 3. The predicted octanol–water partition coefficient (Wildman–Crippen LogP) is 3.43. The zero-order valence-corrected chi connectivity index (χ0v) is 12.8. The molecule has 9 heteroatoms. The van der Waals surface area contributed by atoms with Gasteiger partial charge in [-0.05, 0) is 50.2 Å². The lowest BCUT2D eigenvalue weighted by molar-refractivity contribution is -0.143. The van der Waals surface area contributed by atoms with Crippen LogP contribution in [0.3, 0.4) is 0 Å². The Balaban J connectivity index is 2.18. The van der Waals surface area contributed by atoms with Crippen LogP contribution in [0.2, 0.25) is 0 Å². The van der Waals surface area contributed by atoms with Crippen molar-refractivity contribution in [3.05, 3.63) is 34.9 Å². The fourth-order valence-corrected chi connectivity index (χ4v) is 2.67. The van der Waals surface area contributed by atoms with Gasteiger partial charge in [-0.1, -0.05) is 0 Å². The molecule has 1 aromatic rings. The Kier molecular flexibility index (Phi) is 5.12. The number of hydrogen-bond acceptors (Lipinski definition) is 2. The summed E-state index contributed by atoms with van der Waals surface area (Å²) in [7, 11) is 1.74. The highest BCUT2D eigenvalue weighted by atomic mass is 19.4. The molecule has 0 bridgehead atoms. The topological polar surface area (TPSA) is 32.3 Å². The number of likely N-dealkylation sites (tertiary alicyclic amines) is 1. The van der Waals surface area contributed by atoms with E-state index >= 15 is 0 Å². The van der Waals surface area contributed by atoms with E-state index in [1.807, 2.05) is 0 Å². The lowest BCUT2D eigenvalue weighted by atomic mass is 10.0. The van der Waals surface area contributed by atoms with Crippen molar-refractivity contribution in [3.63, 3.8) is 0 Å². The van der Waals surface area contributed by atoms with Crippen molar-refractivity contribution in [2.45, 2.75) is 37.8 Å². The molecule has 0 radical (unpaired) electrons. The number of halogens is 6. The Bertz CT molecular complexity index is 579. The van der Waals surface area contributed by atoms with Crippen LogP contribution in [0.1, 0.15) is 29.5 Å². The maximum atomic E-state index is 12.8. The third-order valence-electron chi connectivity index (χ3n) is 3.94. The van der Waals surface area contributed by atoms with Gasteiger partial charge < -0.3 is 5.32 Å². The second kappa shape index (κ2) is 6.62. The van der Waals surface area contributed by atoms with E-state index in [0.29, 0.717) is 18.6 Å². The molecule has 0 aliphatic carbocycles. The van der Waals surface area contributed by atoms with Crippen molar-refractivity contribution >= 4 is 5.91 Å². The SMILES string of the molecule is CN1CCC[C@H]1C(=O)NCc1cc(C(F)(F)F)cc(C(F)(F)F)c1. The Labute approximate surface area is 134 Å². The van der Waals surface area contributed by atoms with Crippen molar-refractivity contribution in [3.8, 4) is 0 Å². The fourth-order valence-electron chi connectivity index (χ4n) is 2.67. The number of carbonyl (C=O) groups is 1. The minimum Gasteiger partial charge on any atom is -0.351 e. The Morgan fingerprint density at radius 2 is 1.67 bits per heavy atom. The summed E-state index contributed by atoms with van der Waals surface area (Å²) in [4.78, 5) is 13.8. The molecule has 1 amide bonds. The van der Waals surface area contributed by atoms with Crippen LogP contribution in [0.15, 0.2) is 18.2 Å². The van der Waals surface area contributed by atoms with Gasteiger partial charge in [0.25, 0.3) is 0 Å². The van der Waals surface area contributed by atoms with Gasteiger partial charge in [0, 0.05) is 6.54 Å². The number of benzene rings is 1. The minimum atomic E-state index is -4.90. The molecule has 134 valence electrons. The first kappa shape index (κ1) is 18.6. The van der Waals surface area contributed by atoms with E-state index in [4.69, 9.17) is 0 Å². The third kappa shape index (κ3) is 4.40. The van der Waals surface area contributed by atoms with Crippen molar-refractivity contribution < 1.29 is 31.1 Å². The Morgan fingerprint density at radius 1 is 1.12 bits per heavy atom. The first-order chi connectivity index (χ1) is 11.0. The van der Waals surface area contributed by atoms with Crippen molar-refractivity contribution in [2.24, 2.45) is 0 Å². The van der Waals surface area contributed by atoms with Gasteiger partial charge in [-0.2, -0.15) is 26.3 Å². The molecule has 0 aromatic heterocycles. The summed E-state index contributed by atoms with van der Waals surface area (Å²) in [5.41, 5.74) is -3.02. The molecule has 2 rings (SSSR count). The van der Waals surface area contributed by atoms with Crippen molar-refractivity contribution in [1.82, 2.24) is 10.2 Å². The number of amides is 1. The summed E-state index contributed by atoms with van der Waals surface area (Å²) in [6.45, 7) is 0.329. The van der Waals surface area contributed by atoms with Gasteiger partial charge in [-0.25, -0.2) is 0 Å². The van der Waals surface area contributed by atoms with E-state index in [1.54, 1.807) is 11.9 Å². The third-order valence-corrected chi connectivity index (χ3v) is 3.94. The van der Waals surface area contributed by atoms with Crippen LogP contribution in [-0.2, 0) is 23.7 Å². The van der Waals surface area contributed by atoms with Gasteiger partial charge in [0.15, 0.2) is 0 Å². The van der Waals surface area contributed by atoms with Crippen LogP contribution in [0, 0.1) is 0 Å². The Hall–Kier alpha value is -1.77. The lowest BCUT2D eigenvalue weighted by Crippen LogP contribution is -2.41. The van der Waals surface area contributed by atoms with Gasteiger partial charge >= 0.3 is 12.4 Å². The summed E-state index contributed by atoms with van der Waals surface area (Å²) < 4.78 is 76.6. The zero-order chi connectivity index (χ0) is 18.1. The number of nitrogens with zero attached hydrogens (tertiary/aromatic N) is 1. The molecule has 1 aliphatic heterocycles. The average Bonchev–Trinajstić information content (AvgIpc) is 2.89. The van der Waals surface area contributed by atoms with Crippen LogP contribution in [0.4, 0.5) is 26.3 Å². The van der Waals surface area contributed by atoms with Crippen molar-refractivity contribution in [1.29, 1.82) is 0 Å². The molecule has 1 aromatic carbocycles. The Morgan fingerprint density at radius 3 is 2.08 bits per heavy atom. The maximum absolute atomic E-state index is 12.8. The molecule has 1 N–H and O–H groups in total.